The molecule has 0 bridgehead atoms. The molecule has 3 aromatic heterocycles. The first-order chi connectivity index (χ1) is 11.5. The van der Waals surface area contributed by atoms with Crippen LogP contribution in [0.5, 0.6) is 0 Å². The average Bonchev–Trinajstić information content (AvgIpc) is 2.55. The Labute approximate surface area is 156 Å². The van der Waals surface area contributed by atoms with E-state index in [4.69, 9.17) is 25.4 Å². The van der Waals surface area contributed by atoms with Crippen molar-refractivity contribution in [1.82, 2.24) is 15.0 Å². The van der Waals surface area contributed by atoms with Crippen LogP contribution < -0.4 is 0 Å². The van der Waals surface area contributed by atoms with E-state index in [1.165, 1.54) is 0 Å². The van der Waals surface area contributed by atoms with Crippen molar-refractivity contribution in [3.05, 3.63) is 65.5 Å². The fourth-order valence-corrected chi connectivity index (χ4v) is 2.30. The summed E-state index contributed by atoms with van der Waals surface area (Å²) >= 11 is 0.569. The van der Waals surface area contributed by atoms with Gasteiger partial charge in [0.1, 0.15) is 0 Å². The van der Waals surface area contributed by atoms with Crippen molar-refractivity contribution < 1.29 is 12.7 Å². The van der Waals surface area contributed by atoms with Crippen LogP contribution in [0, 0.1) is 20.8 Å². The standard InChI is InChI=1S/C18H17N3.2ClH.Ni/c1-12-10-17(15-8-4-6-13(2)19-15)21-18(11-12)16-9-5-7-14(3)20-16;;;/h4-11H,1-3H3;2*1H;/q;;;+2/p-2. The Hall–Kier alpha value is -1.48. The monoisotopic (exact) mass is 403 g/mol. The molecule has 0 saturated carbocycles. The third-order valence-corrected chi connectivity index (χ3v) is 3.27. The van der Waals surface area contributed by atoms with E-state index < -0.39 is 0 Å². The number of pyridine rings is 3. The van der Waals surface area contributed by atoms with E-state index >= 15 is 0 Å². The molecular weight excluding hydrogens is 388 g/mol. The van der Waals surface area contributed by atoms with Crippen LogP contribution in [0.2, 0.25) is 0 Å². The number of halogens is 2. The van der Waals surface area contributed by atoms with Crippen LogP contribution in [0.1, 0.15) is 17.0 Å². The minimum absolute atomic E-state index is 0.569. The van der Waals surface area contributed by atoms with E-state index in [2.05, 4.69) is 29.0 Å². The fraction of sp³-hybridized carbons (Fsp3) is 0.167. The Bertz CT molecular complexity index is 761. The summed E-state index contributed by atoms with van der Waals surface area (Å²) in [5.74, 6) is 0. The van der Waals surface area contributed by atoms with E-state index in [0.717, 1.165) is 39.7 Å². The van der Waals surface area contributed by atoms with Gasteiger partial charge in [0.15, 0.2) is 0 Å². The molecule has 0 aliphatic heterocycles. The Kier molecular flexibility index (Phi) is 7.17. The van der Waals surface area contributed by atoms with Gasteiger partial charge >= 0.3 is 33.0 Å². The van der Waals surface area contributed by atoms with Crippen LogP contribution in [0.3, 0.4) is 0 Å². The fourth-order valence-electron chi connectivity index (χ4n) is 2.30. The van der Waals surface area contributed by atoms with E-state index in [1.54, 1.807) is 0 Å². The van der Waals surface area contributed by atoms with Gasteiger partial charge in [-0.05, 0) is 62.7 Å². The van der Waals surface area contributed by atoms with Crippen LogP contribution in [0.25, 0.3) is 22.8 Å². The molecule has 0 spiro atoms. The van der Waals surface area contributed by atoms with Crippen LogP contribution in [-0.2, 0) is 12.7 Å². The summed E-state index contributed by atoms with van der Waals surface area (Å²) in [5.41, 5.74) is 6.70. The molecule has 3 rings (SSSR count). The van der Waals surface area contributed by atoms with Crippen LogP contribution in [0.4, 0.5) is 0 Å². The van der Waals surface area contributed by atoms with Gasteiger partial charge in [-0.1, -0.05) is 12.1 Å². The van der Waals surface area contributed by atoms with Gasteiger partial charge in [0.25, 0.3) is 0 Å². The molecule has 3 aromatic rings. The second kappa shape index (κ2) is 9.12. The average molecular weight is 405 g/mol. The van der Waals surface area contributed by atoms with Crippen molar-refractivity contribution in [2.45, 2.75) is 20.8 Å². The Morgan fingerprint density at radius 3 is 1.46 bits per heavy atom. The van der Waals surface area contributed by atoms with Crippen LogP contribution in [-0.4, -0.2) is 15.0 Å². The predicted molar refractivity (Wildman–Crippen MR) is 96.6 cm³/mol. The molecule has 0 amide bonds. The van der Waals surface area contributed by atoms with Gasteiger partial charge < -0.3 is 0 Å². The summed E-state index contributed by atoms with van der Waals surface area (Å²) in [5, 5.41) is 0. The second-order valence-corrected chi connectivity index (χ2v) is 6.92. The van der Waals surface area contributed by atoms with E-state index in [1.807, 2.05) is 50.2 Å². The van der Waals surface area contributed by atoms with Gasteiger partial charge in [0, 0.05) is 11.4 Å². The Morgan fingerprint density at radius 2 is 1.08 bits per heavy atom. The van der Waals surface area contributed by atoms with E-state index in [-0.39, 0.29) is 0 Å². The number of rotatable bonds is 2. The van der Waals surface area contributed by atoms with E-state index in [0.29, 0.717) is 12.7 Å². The summed E-state index contributed by atoms with van der Waals surface area (Å²) < 4.78 is 0. The van der Waals surface area contributed by atoms with Crippen molar-refractivity contribution in [2.75, 3.05) is 0 Å². The molecule has 0 fully saturated rings. The third kappa shape index (κ3) is 5.27. The van der Waals surface area contributed by atoms with Gasteiger partial charge in [-0.2, -0.15) is 0 Å². The molecular formula is C18H17Cl2N3Ni. The number of aromatic nitrogens is 3. The molecule has 0 aliphatic carbocycles. The summed E-state index contributed by atoms with van der Waals surface area (Å²) in [7, 11) is 9.40. The first-order valence-electron chi connectivity index (χ1n) is 7.22. The normalized spacial score (nSPS) is 10.2. The maximum atomic E-state index is 4.73. The molecule has 0 N–H and O–H groups in total. The quantitative estimate of drug-likeness (QED) is 0.529. The molecule has 0 aromatic carbocycles. The SMILES string of the molecule is Cc1cc(-c2cccc(C)n2)nc(-c2cccc(C)n2)c1.[Cl][Ni][Cl]. The van der Waals surface area contributed by atoms with Gasteiger partial charge in [-0.15, -0.1) is 0 Å². The van der Waals surface area contributed by atoms with Gasteiger partial charge in [0.05, 0.1) is 22.8 Å². The predicted octanol–water partition coefficient (Wildman–Crippen LogP) is 5.51. The van der Waals surface area contributed by atoms with Crippen molar-refractivity contribution >= 4 is 20.4 Å². The second-order valence-electron chi connectivity index (χ2n) is 5.29. The molecule has 128 valence electrons. The summed E-state index contributed by atoms with van der Waals surface area (Å²) in [4.78, 5) is 13.8. The Balaban J connectivity index is 0.000000647. The van der Waals surface area contributed by atoms with Crippen molar-refractivity contribution in [2.24, 2.45) is 0 Å². The number of nitrogens with zero attached hydrogens (tertiary/aromatic N) is 3. The van der Waals surface area contributed by atoms with E-state index in [9.17, 15) is 0 Å². The first kappa shape index (κ1) is 18.9. The zero-order valence-electron chi connectivity index (χ0n) is 13.5. The van der Waals surface area contributed by atoms with Crippen molar-refractivity contribution in [1.29, 1.82) is 0 Å². The maximum absolute atomic E-state index is 4.73. The molecule has 3 heterocycles. The topological polar surface area (TPSA) is 38.7 Å². The van der Waals surface area contributed by atoms with Crippen LogP contribution >= 0.6 is 20.4 Å². The Morgan fingerprint density at radius 1 is 0.667 bits per heavy atom. The minimum atomic E-state index is 0.569. The van der Waals surface area contributed by atoms with Crippen LogP contribution in [0.15, 0.2) is 48.5 Å². The molecule has 0 aliphatic rings. The molecule has 0 saturated heterocycles. The van der Waals surface area contributed by atoms with Crippen molar-refractivity contribution in [3.8, 4) is 22.8 Å². The molecule has 3 nitrogen and oxygen atoms in total. The molecule has 0 radical (unpaired) electrons. The number of hydrogen-bond acceptors (Lipinski definition) is 3. The zero-order valence-corrected chi connectivity index (χ0v) is 16.0. The number of hydrogen-bond donors (Lipinski definition) is 0. The van der Waals surface area contributed by atoms with Gasteiger partial charge in [-0.3, -0.25) is 9.97 Å². The summed E-state index contributed by atoms with van der Waals surface area (Å²) in [6.07, 6.45) is 0. The molecule has 0 atom stereocenters. The third-order valence-electron chi connectivity index (χ3n) is 3.27. The van der Waals surface area contributed by atoms with Gasteiger partial charge in [0.2, 0.25) is 0 Å². The molecule has 24 heavy (non-hydrogen) atoms. The zero-order chi connectivity index (χ0) is 17.5. The van der Waals surface area contributed by atoms with Gasteiger partial charge in [-0.25, -0.2) is 4.98 Å². The first-order valence-corrected chi connectivity index (χ1v) is 9.94. The summed E-state index contributed by atoms with van der Waals surface area (Å²) in [6.45, 7) is 6.05. The number of aryl methyl sites for hydroxylation is 3. The van der Waals surface area contributed by atoms with Crippen molar-refractivity contribution in [3.63, 3.8) is 0 Å². The summed E-state index contributed by atoms with van der Waals surface area (Å²) in [6, 6.07) is 16.1. The molecule has 6 heteroatoms. The molecule has 0 unspecified atom stereocenters.